The number of carbonyl (C=O) groups is 2. The molecular weight excluding hydrogens is 474 g/mol. The van der Waals surface area contributed by atoms with Gasteiger partial charge in [-0.05, 0) is 19.1 Å². The van der Waals surface area contributed by atoms with Gasteiger partial charge in [-0.1, -0.05) is 30.0 Å². The van der Waals surface area contributed by atoms with Crippen LogP contribution in [0.2, 0.25) is 0 Å². The molecule has 170 valence electrons. The van der Waals surface area contributed by atoms with Gasteiger partial charge in [-0.15, -0.1) is 21.5 Å². The van der Waals surface area contributed by atoms with E-state index in [1.807, 2.05) is 0 Å². The lowest BCUT2D eigenvalue weighted by Gasteiger charge is -2.05. The smallest absolute Gasteiger partial charge is 0.311 e. The number of anilines is 1. The highest BCUT2D eigenvalue weighted by Crippen LogP contribution is 2.21. The van der Waals surface area contributed by atoms with Crippen LogP contribution < -0.4 is 5.32 Å². The normalized spacial score (nSPS) is 11.3. The first-order valence-electron chi connectivity index (χ1n) is 9.47. The number of aromatic nitrogens is 4. The van der Waals surface area contributed by atoms with Crippen LogP contribution in [-0.2, 0) is 43.4 Å². The molecule has 10 nitrogen and oxygen atoms in total. The summed E-state index contributed by atoms with van der Waals surface area (Å²) in [7, 11) is -1.90. The molecular formula is C19H21N5O5S3. The predicted octanol–water partition coefficient (Wildman–Crippen LogP) is 2.08. The maximum Gasteiger partial charge on any atom is 0.311 e. The quantitative estimate of drug-likeness (QED) is 0.331. The van der Waals surface area contributed by atoms with Gasteiger partial charge in [0, 0.05) is 12.4 Å². The Morgan fingerprint density at radius 1 is 1.22 bits per heavy atom. The number of nitrogens with zero attached hydrogens (tertiary/aromatic N) is 4. The number of amides is 1. The first-order chi connectivity index (χ1) is 15.3. The van der Waals surface area contributed by atoms with E-state index in [0.717, 1.165) is 11.8 Å². The summed E-state index contributed by atoms with van der Waals surface area (Å²) in [5.74, 6) is -0.674. The number of rotatable bonds is 10. The molecule has 0 unspecified atom stereocenters. The van der Waals surface area contributed by atoms with Crippen molar-refractivity contribution < 1.29 is 22.7 Å². The van der Waals surface area contributed by atoms with E-state index in [-0.39, 0.29) is 40.5 Å². The van der Waals surface area contributed by atoms with Crippen LogP contribution in [0.15, 0.2) is 45.8 Å². The van der Waals surface area contributed by atoms with Crippen molar-refractivity contribution in [3.63, 3.8) is 0 Å². The number of benzene rings is 1. The number of carbonyl (C=O) groups excluding carboxylic acids is 2. The van der Waals surface area contributed by atoms with E-state index in [2.05, 4.69) is 20.5 Å². The van der Waals surface area contributed by atoms with Gasteiger partial charge in [-0.3, -0.25) is 9.59 Å². The molecule has 0 saturated heterocycles. The lowest BCUT2D eigenvalue weighted by atomic mass is 10.3. The minimum Gasteiger partial charge on any atom is -0.466 e. The fourth-order valence-electron chi connectivity index (χ4n) is 2.57. The molecule has 0 bridgehead atoms. The summed E-state index contributed by atoms with van der Waals surface area (Å²) in [5, 5.41) is 13.1. The summed E-state index contributed by atoms with van der Waals surface area (Å²) < 4.78 is 31.5. The van der Waals surface area contributed by atoms with Gasteiger partial charge in [0.1, 0.15) is 11.6 Å². The average Bonchev–Trinajstić information content (AvgIpc) is 3.33. The Morgan fingerprint density at radius 2 is 1.97 bits per heavy atom. The summed E-state index contributed by atoms with van der Waals surface area (Å²) in [6.07, 6.45) is 0.0442. The number of sulfone groups is 1. The van der Waals surface area contributed by atoms with Crippen LogP contribution in [0, 0.1) is 0 Å². The van der Waals surface area contributed by atoms with E-state index >= 15 is 0 Å². The topological polar surface area (TPSA) is 133 Å². The highest BCUT2D eigenvalue weighted by atomic mass is 32.2. The maximum atomic E-state index is 12.6. The van der Waals surface area contributed by atoms with Crippen LogP contribution in [0.1, 0.15) is 18.4 Å². The molecule has 2 heterocycles. The SMILES string of the molecule is CCOC(=O)Cc1csc(NC(=O)CSc2nnc(CS(=O)(=O)c3ccccc3)n2C)n1. The summed E-state index contributed by atoms with van der Waals surface area (Å²) in [5.41, 5.74) is 0.522. The van der Waals surface area contributed by atoms with E-state index in [1.165, 1.54) is 23.5 Å². The first-order valence-corrected chi connectivity index (χ1v) is 13.0. The van der Waals surface area contributed by atoms with Crippen LogP contribution in [0.4, 0.5) is 5.13 Å². The Bertz CT molecular complexity index is 1190. The van der Waals surface area contributed by atoms with Crippen molar-refractivity contribution >= 4 is 49.9 Å². The Kier molecular flexibility index (Phi) is 7.99. The van der Waals surface area contributed by atoms with Crippen molar-refractivity contribution in [3.05, 3.63) is 47.2 Å². The molecule has 0 aliphatic rings. The van der Waals surface area contributed by atoms with Crippen molar-refractivity contribution in [1.82, 2.24) is 19.7 Å². The zero-order chi connectivity index (χ0) is 23.1. The highest BCUT2D eigenvalue weighted by Gasteiger charge is 2.20. The molecule has 0 spiro atoms. The second-order valence-electron chi connectivity index (χ2n) is 6.49. The largest absolute Gasteiger partial charge is 0.466 e. The standard InChI is InChI=1S/C19H21N5O5S3/c1-3-29-17(26)9-13-10-30-18(20-13)21-16(25)11-31-19-23-22-15(24(19)2)12-32(27,28)14-7-5-4-6-8-14/h4-8,10H,3,9,11-12H2,1-2H3,(H,20,21,25). The lowest BCUT2D eigenvalue weighted by Crippen LogP contribution is -2.15. The Morgan fingerprint density at radius 3 is 2.69 bits per heavy atom. The van der Waals surface area contributed by atoms with Gasteiger partial charge in [-0.2, -0.15) is 0 Å². The van der Waals surface area contributed by atoms with Crippen LogP contribution in [-0.4, -0.2) is 52.4 Å². The number of nitrogens with one attached hydrogen (secondary N) is 1. The van der Waals surface area contributed by atoms with E-state index in [4.69, 9.17) is 4.74 Å². The van der Waals surface area contributed by atoms with E-state index in [0.29, 0.717) is 22.6 Å². The number of hydrogen-bond acceptors (Lipinski definition) is 10. The van der Waals surface area contributed by atoms with Crippen molar-refractivity contribution in [2.45, 2.75) is 29.1 Å². The molecule has 3 rings (SSSR count). The van der Waals surface area contributed by atoms with Crippen LogP contribution in [0.5, 0.6) is 0 Å². The third-order valence-corrected chi connectivity index (χ3v) is 7.56. The zero-order valence-electron chi connectivity index (χ0n) is 17.3. The molecule has 0 fully saturated rings. The van der Waals surface area contributed by atoms with Gasteiger partial charge in [0.2, 0.25) is 5.91 Å². The van der Waals surface area contributed by atoms with Crippen LogP contribution >= 0.6 is 23.1 Å². The molecule has 0 atom stereocenters. The third kappa shape index (κ3) is 6.37. The molecule has 2 aromatic heterocycles. The molecule has 13 heteroatoms. The van der Waals surface area contributed by atoms with E-state index in [1.54, 1.807) is 42.1 Å². The molecule has 3 aromatic rings. The fourth-order valence-corrected chi connectivity index (χ4v) is 5.35. The van der Waals surface area contributed by atoms with Crippen molar-refractivity contribution in [3.8, 4) is 0 Å². The van der Waals surface area contributed by atoms with Gasteiger partial charge in [-0.25, -0.2) is 13.4 Å². The second-order valence-corrected chi connectivity index (χ2v) is 10.3. The highest BCUT2D eigenvalue weighted by molar-refractivity contribution is 7.99. The van der Waals surface area contributed by atoms with Gasteiger partial charge < -0.3 is 14.6 Å². The molecule has 1 aromatic carbocycles. The fraction of sp³-hybridized carbons (Fsp3) is 0.316. The number of thiazole rings is 1. The number of thioether (sulfide) groups is 1. The van der Waals surface area contributed by atoms with Gasteiger partial charge in [0.25, 0.3) is 0 Å². The van der Waals surface area contributed by atoms with Gasteiger partial charge in [0.05, 0.1) is 29.4 Å². The lowest BCUT2D eigenvalue weighted by molar-refractivity contribution is -0.142. The summed E-state index contributed by atoms with van der Waals surface area (Å²) in [6.45, 7) is 2.02. The molecule has 1 amide bonds. The Labute approximate surface area is 193 Å². The number of esters is 1. The number of ether oxygens (including phenoxy) is 1. The molecule has 32 heavy (non-hydrogen) atoms. The molecule has 0 saturated carbocycles. The predicted molar refractivity (Wildman–Crippen MR) is 120 cm³/mol. The van der Waals surface area contributed by atoms with Gasteiger partial charge in [0.15, 0.2) is 20.1 Å². The average molecular weight is 496 g/mol. The van der Waals surface area contributed by atoms with Gasteiger partial charge >= 0.3 is 5.97 Å². The zero-order valence-corrected chi connectivity index (χ0v) is 19.8. The van der Waals surface area contributed by atoms with Crippen molar-refractivity contribution in [2.24, 2.45) is 7.05 Å². The molecule has 0 aliphatic carbocycles. The summed E-state index contributed by atoms with van der Waals surface area (Å²) in [6, 6.07) is 8.12. The van der Waals surface area contributed by atoms with E-state index in [9.17, 15) is 18.0 Å². The minimum absolute atomic E-state index is 0.0319. The summed E-state index contributed by atoms with van der Waals surface area (Å²) in [4.78, 5) is 28.2. The number of hydrogen-bond donors (Lipinski definition) is 1. The van der Waals surface area contributed by atoms with E-state index < -0.39 is 9.84 Å². The van der Waals surface area contributed by atoms with Crippen molar-refractivity contribution in [2.75, 3.05) is 17.7 Å². The monoisotopic (exact) mass is 495 g/mol. The Balaban J connectivity index is 1.54. The summed E-state index contributed by atoms with van der Waals surface area (Å²) >= 11 is 2.34. The van der Waals surface area contributed by atoms with Crippen molar-refractivity contribution in [1.29, 1.82) is 0 Å². The van der Waals surface area contributed by atoms with Crippen LogP contribution in [0.3, 0.4) is 0 Å². The second kappa shape index (κ2) is 10.7. The molecule has 0 aliphatic heterocycles. The van der Waals surface area contributed by atoms with Crippen LogP contribution in [0.25, 0.3) is 0 Å². The molecule has 1 N–H and O–H groups in total. The Hall–Kier alpha value is -2.77. The third-order valence-electron chi connectivity index (χ3n) is 4.11. The maximum absolute atomic E-state index is 12.6. The molecule has 0 radical (unpaired) electrons. The minimum atomic E-state index is -3.56. The first kappa shape index (κ1) is 23.9.